The Bertz CT molecular complexity index is 1380. The molecule has 1 heterocycles. The third-order valence-corrected chi connectivity index (χ3v) is 5.22. The van der Waals surface area contributed by atoms with Gasteiger partial charge in [0.25, 0.3) is 11.0 Å². The van der Waals surface area contributed by atoms with Crippen molar-refractivity contribution in [1.82, 2.24) is 9.55 Å². The van der Waals surface area contributed by atoms with E-state index < -0.39 is 5.56 Å². The number of likely N-dealkylation sites (N-methyl/N-ethyl adjacent to an activating group) is 1. The first kappa shape index (κ1) is 21.0. The fourth-order valence-corrected chi connectivity index (χ4v) is 3.72. The van der Waals surface area contributed by atoms with Crippen molar-refractivity contribution >= 4 is 22.5 Å². The van der Waals surface area contributed by atoms with Crippen LogP contribution >= 0.6 is 0 Å². The van der Waals surface area contributed by atoms with Crippen LogP contribution in [0.1, 0.15) is 6.92 Å². The molecule has 160 valence electrons. The third kappa shape index (κ3) is 4.00. The lowest BCUT2D eigenvalue weighted by Crippen LogP contribution is -2.40. The van der Waals surface area contributed by atoms with Crippen LogP contribution in [-0.4, -0.2) is 27.2 Å². The molecule has 0 atom stereocenters. The molecule has 4 aromatic rings. The molecule has 1 aromatic heterocycles. The van der Waals surface area contributed by atoms with E-state index in [1.54, 1.807) is 17.0 Å². The smallest absolute Gasteiger partial charge is 0.300 e. The van der Waals surface area contributed by atoms with Gasteiger partial charge in [0, 0.05) is 23.2 Å². The molecule has 0 fully saturated rings. The van der Waals surface area contributed by atoms with Crippen LogP contribution in [0, 0.1) is 0 Å². The van der Waals surface area contributed by atoms with E-state index in [-0.39, 0.29) is 17.9 Å². The molecule has 0 aliphatic heterocycles. The van der Waals surface area contributed by atoms with E-state index in [0.717, 1.165) is 11.3 Å². The van der Waals surface area contributed by atoms with Gasteiger partial charge in [-0.05, 0) is 25.1 Å². The zero-order valence-electron chi connectivity index (χ0n) is 17.5. The lowest BCUT2D eigenvalue weighted by molar-refractivity contribution is -0.119. The van der Waals surface area contributed by atoms with Gasteiger partial charge in [-0.2, -0.15) is 0 Å². The molecular weight excluding hydrogens is 404 g/mol. The Morgan fingerprint density at radius 2 is 1.59 bits per heavy atom. The molecule has 0 bridgehead atoms. The van der Waals surface area contributed by atoms with Crippen molar-refractivity contribution in [3.05, 3.63) is 101 Å². The number of aromatic nitrogens is 2. The van der Waals surface area contributed by atoms with Crippen LogP contribution in [0.5, 0.6) is 0 Å². The summed E-state index contributed by atoms with van der Waals surface area (Å²) in [6.45, 7) is 2.09. The Hall–Kier alpha value is -4.26. The minimum Gasteiger partial charge on any atom is -0.409 e. The van der Waals surface area contributed by atoms with E-state index in [0.29, 0.717) is 23.1 Å². The van der Waals surface area contributed by atoms with E-state index in [9.17, 15) is 14.8 Å². The van der Waals surface area contributed by atoms with Crippen molar-refractivity contribution < 1.29 is 10.0 Å². The lowest BCUT2D eigenvalue weighted by atomic mass is 10.1. The minimum atomic E-state index is -0.650. The van der Waals surface area contributed by atoms with Crippen LogP contribution in [0.4, 0.5) is 5.69 Å². The molecule has 0 radical (unpaired) electrons. The molecule has 7 heteroatoms. The molecule has 0 aliphatic carbocycles. The van der Waals surface area contributed by atoms with Crippen molar-refractivity contribution in [3.8, 4) is 11.3 Å². The summed E-state index contributed by atoms with van der Waals surface area (Å²) in [6.07, 6.45) is 0. The van der Waals surface area contributed by atoms with Gasteiger partial charge in [-0.25, -0.2) is 4.98 Å². The highest BCUT2D eigenvalue weighted by Gasteiger charge is 2.18. The zero-order valence-corrected chi connectivity index (χ0v) is 17.5. The van der Waals surface area contributed by atoms with E-state index in [1.165, 1.54) is 4.57 Å². The highest BCUT2D eigenvalue weighted by Crippen LogP contribution is 2.24. The van der Waals surface area contributed by atoms with Crippen LogP contribution in [0.25, 0.3) is 22.2 Å². The van der Waals surface area contributed by atoms with Gasteiger partial charge in [-0.15, -0.1) is 0 Å². The molecule has 0 aliphatic rings. The topological polar surface area (TPSA) is 87.8 Å². The summed E-state index contributed by atoms with van der Waals surface area (Å²) in [5, 5.41) is 13.4. The number of benzene rings is 3. The van der Waals surface area contributed by atoms with E-state index in [2.05, 4.69) is 10.1 Å². The SMILES string of the molecule is CCN(C(=O)Cn1c(=O)c(=NO)nc(-c2ccccc2)c2ccccc21)c1ccccc1. The quantitative estimate of drug-likeness (QED) is 0.391. The maximum atomic E-state index is 13.3. The molecular formula is C25H22N4O3. The van der Waals surface area contributed by atoms with Gasteiger partial charge in [0.05, 0.1) is 11.2 Å². The van der Waals surface area contributed by atoms with E-state index in [4.69, 9.17) is 0 Å². The molecule has 4 rings (SSSR count). The standard InChI is InChI=1S/C25H22N4O3/c1-2-28(19-13-7-4-8-14-19)22(30)17-29-21-16-10-9-15-20(21)23(18-11-5-3-6-12-18)26-24(27-32)25(29)31/h3-16,32H,2,17H2,1H3. The Morgan fingerprint density at radius 3 is 2.25 bits per heavy atom. The third-order valence-electron chi connectivity index (χ3n) is 5.22. The second kappa shape index (κ2) is 9.26. The van der Waals surface area contributed by atoms with Crippen molar-refractivity contribution in [3.63, 3.8) is 0 Å². The lowest BCUT2D eigenvalue weighted by Gasteiger charge is -2.21. The van der Waals surface area contributed by atoms with Crippen LogP contribution in [0.2, 0.25) is 0 Å². The minimum absolute atomic E-state index is 0.227. The second-order valence-electron chi connectivity index (χ2n) is 7.13. The predicted octanol–water partition coefficient (Wildman–Crippen LogP) is 3.41. The predicted molar refractivity (Wildman–Crippen MR) is 123 cm³/mol. The summed E-state index contributed by atoms with van der Waals surface area (Å²) in [7, 11) is 0. The average Bonchev–Trinajstić information content (AvgIpc) is 2.96. The molecule has 7 nitrogen and oxygen atoms in total. The monoisotopic (exact) mass is 426 g/mol. The zero-order chi connectivity index (χ0) is 22.5. The van der Waals surface area contributed by atoms with Gasteiger partial charge >= 0.3 is 0 Å². The molecule has 0 spiro atoms. The summed E-state index contributed by atoms with van der Waals surface area (Å²) in [6, 6.07) is 25.8. The molecule has 0 unspecified atom stereocenters. The maximum Gasteiger partial charge on any atom is 0.300 e. The summed E-state index contributed by atoms with van der Waals surface area (Å²) in [5.41, 5.74) is 1.50. The number of hydrogen-bond donors (Lipinski definition) is 1. The number of amides is 1. The van der Waals surface area contributed by atoms with Crippen LogP contribution in [0.15, 0.2) is 94.9 Å². The van der Waals surface area contributed by atoms with Gasteiger partial charge in [0.1, 0.15) is 6.54 Å². The summed E-state index contributed by atoms with van der Waals surface area (Å²) in [5.74, 6) is -0.262. The Labute approximate surface area is 184 Å². The molecule has 0 saturated heterocycles. The summed E-state index contributed by atoms with van der Waals surface area (Å²) in [4.78, 5) is 32.5. The summed E-state index contributed by atoms with van der Waals surface area (Å²) < 4.78 is 1.32. The molecule has 32 heavy (non-hydrogen) atoms. The molecule has 1 amide bonds. The maximum absolute atomic E-state index is 13.3. The van der Waals surface area contributed by atoms with Crippen LogP contribution in [-0.2, 0) is 11.3 Å². The summed E-state index contributed by atoms with van der Waals surface area (Å²) >= 11 is 0. The van der Waals surface area contributed by atoms with E-state index in [1.807, 2.05) is 79.7 Å². The molecule has 0 saturated carbocycles. The number of fused-ring (bicyclic) bond motifs is 1. The fourth-order valence-electron chi connectivity index (χ4n) is 3.72. The Morgan fingerprint density at radius 1 is 0.969 bits per heavy atom. The van der Waals surface area contributed by atoms with Gasteiger partial charge in [0.15, 0.2) is 0 Å². The highest BCUT2D eigenvalue weighted by atomic mass is 16.4. The number of anilines is 1. The number of carbonyl (C=O) groups is 1. The van der Waals surface area contributed by atoms with E-state index >= 15 is 0 Å². The first-order chi connectivity index (χ1) is 15.6. The number of nitrogens with zero attached hydrogens (tertiary/aromatic N) is 4. The largest absolute Gasteiger partial charge is 0.409 e. The Balaban J connectivity index is 1.94. The number of para-hydroxylation sites is 2. The normalized spacial score (nSPS) is 11.5. The van der Waals surface area contributed by atoms with Crippen molar-refractivity contribution in [2.24, 2.45) is 5.16 Å². The molecule has 3 aromatic carbocycles. The number of rotatable bonds is 5. The van der Waals surface area contributed by atoms with Gasteiger partial charge in [-0.1, -0.05) is 71.9 Å². The average molecular weight is 426 g/mol. The Kier molecular flexibility index (Phi) is 6.07. The van der Waals surface area contributed by atoms with Gasteiger partial charge in [-0.3, -0.25) is 14.2 Å². The number of hydrogen-bond acceptors (Lipinski definition) is 5. The van der Waals surface area contributed by atoms with Crippen molar-refractivity contribution in [2.45, 2.75) is 13.5 Å². The van der Waals surface area contributed by atoms with Gasteiger partial charge < -0.3 is 10.1 Å². The molecule has 1 N–H and O–H groups in total. The van der Waals surface area contributed by atoms with Crippen LogP contribution < -0.4 is 15.9 Å². The first-order valence-electron chi connectivity index (χ1n) is 10.3. The van der Waals surface area contributed by atoms with Crippen molar-refractivity contribution in [1.29, 1.82) is 0 Å². The van der Waals surface area contributed by atoms with Crippen molar-refractivity contribution in [2.75, 3.05) is 11.4 Å². The second-order valence-corrected chi connectivity index (χ2v) is 7.13. The highest BCUT2D eigenvalue weighted by molar-refractivity contribution is 5.96. The van der Waals surface area contributed by atoms with Crippen LogP contribution in [0.3, 0.4) is 0 Å². The fraction of sp³-hybridized carbons (Fsp3) is 0.120. The first-order valence-corrected chi connectivity index (χ1v) is 10.3. The number of carbonyl (C=O) groups excluding carboxylic acids is 1. The van der Waals surface area contributed by atoms with Gasteiger partial charge in [0.2, 0.25) is 5.91 Å².